The predicted octanol–water partition coefficient (Wildman–Crippen LogP) is 3.74. The zero-order valence-electron chi connectivity index (χ0n) is 15.7. The van der Waals surface area contributed by atoms with E-state index < -0.39 is 5.60 Å². The summed E-state index contributed by atoms with van der Waals surface area (Å²) in [6.45, 7) is 12.5. The number of likely N-dealkylation sites (tertiary alicyclic amines) is 1. The molecule has 0 radical (unpaired) electrons. The monoisotopic (exact) mass is 336 g/mol. The number of rotatable bonds is 5. The first-order valence-corrected chi connectivity index (χ1v) is 9.05. The minimum Gasteiger partial charge on any atom is -0.444 e. The van der Waals surface area contributed by atoms with Gasteiger partial charge in [0.15, 0.2) is 0 Å². The van der Waals surface area contributed by atoms with Crippen molar-refractivity contribution in [3.63, 3.8) is 0 Å². The van der Waals surface area contributed by atoms with Crippen molar-refractivity contribution in [1.29, 1.82) is 0 Å². The van der Waals surface area contributed by atoms with Gasteiger partial charge < -0.3 is 15.0 Å². The number of carbonyl (C=O) groups is 1. The topological polar surface area (TPSA) is 59.4 Å². The number of nitrogens with zero attached hydrogens (tertiary/aromatic N) is 3. The maximum Gasteiger partial charge on any atom is 0.410 e. The molecule has 2 heterocycles. The fourth-order valence-electron chi connectivity index (χ4n) is 3.08. The van der Waals surface area contributed by atoms with Gasteiger partial charge in [-0.3, -0.25) is 4.68 Å². The molecule has 1 amide bonds. The third-order valence-electron chi connectivity index (χ3n) is 4.30. The van der Waals surface area contributed by atoms with Crippen molar-refractivity contribution in [1.82, 2.24) is 14.7 Å². The van der Waals surface area contributed by atoms with Crippen LogP contribution in [-0.2, 0) is 11.3 Å². The molecule has 1 aliphatic heterocycles. The number of aromatic nitrogens is 2. The Balaban J connectivity index is 1.89. The number of aryl methyl sites for hydroxylation is 1. The summed E-state index contributed by atoms with van der Waals surface area (Å²) in [4.78, 5) is 14.1. The Hall–Kier alpha value is -1.72. The second-order valence-corrected chi connectivity index (χ2v) is 7.75. The molecule has 0 saturated carbocycles. The van der Waals surface area contributed by atoms with Crippen molar-refractivity contribution in [2.75, 3.05) is 18.4 Å². The van der Waals surface area contributed by atoms with E-state index in [1.54, 1.807) is 0 Å². The van der Waals surface area contributed by atoms with E-state index in [9.17, 15) is 4.79 Å². The highest BCUT2D eigenvalue weighted by molar-refractivity contribution is 5.68. The molecular formula is C18H32N4O2. The normalized spacial score (nSPS) is 19.9. The summed E-state index contributed by atoms with van der Waals surface area (Å²) >= 11 is 0. The van der Waals surface area contributed by atoms with Gasteiger partial charge in [0.2, 0.25) is 0 Å². The van der Waals surface area contributed by atoms with Crippen LogP contribution in [0.3, 0.4) is 0 Å². The minimum atomic E-state index is -0.443. The molecule has 1 saturated heterocycles. The van der Waals surface area contributed by atoms with Crippen LogP contribution in [0.4, 0.5) is 10.5 Å². The second kappa shape index (κ2) is 7.90. The van der Waals surface area contributed by atoms with Crippen LogP contribution in [0.1, 0.15) is 53.9 Å². The van der Waals surface area contributed by atoms with Crippen LogP contribution in [0, 0.1) is 5.92 Å². The summed E-state index contributed by atoms with van der Waals surface area (Å²) in [7, 11) is 0. The van der Waals surface area contributed by atoms with Crippen molar-refractivity contribution in [3.8, 4) is 0 Å². The van der Waals surface area contributed by atoms with E-state index in [-0.39, 0.29) is 12.1 Å². The maximum atomic E-state index is 12.3. The Kier molecular flexibility index (Phi) is 6.13. The van der Waals surface area contributed by atoms with E-state index in [1.807, 2.05) is 36.5 Å². The first-order chi connectivity index (χ1) is 11.3. The van der Waals surface area contributed by atoms with Crippen LogP contribution in [0.15, 0.2) is 12.4 Å². The van der Waals surface area contributed by atoms with E-state index in [4.69, 9.17) is 4.74 Å². The highest BCUT2D eigenvalue weighted by atomic mass is 16.6. The highest BCUT2D eigenvalue weighted by Crippen LogP contribution is 2.24. The number of ether oxygens (including phenoxy) is 1. The van der Waals surface area contributed by atoms with Crippen LogP contribution in [-0.4, -0.2) is 45.5 Å². The average molecular weight is 336 g/mol. The van der Waals surface area contributed by atoms with Crippen molar-refractivity contribution in [2.45, 2.75) is 72.1 Å². The smallest absolute Gasteiger partial charge is 0.410 e. The number of anilines is 1. The fourth-order valence-corrected chi connectivity index (χ4v) is 3.08. The Labute approximate surface area is 145 Å². The average Bonchev–Trinajstić information content (AvgIpc) is 2.93. The van der Waals surface area contributed by atoms with E-state index >= 15 is 0 Å². The molecule has 0 aliphatic carbocycles. The number of nitrogens with one attached hydrogen (secondary N) is 1. The number of hydrogen-bond acceptors (Lipinski definition) is 4. The largest absolute Gasteiger partial charge is 0.444 e. The van der Waals surface area contributed by atoms with Gasteiger partial charge in [-0.1, -0.05) is 6.92 Å². The molecule has 0 spiro atoms. The van der Waals surface area contributed by atoms with Crippen LogP contribution < -0.4 is 5.32 Å². The SMILES string of the molecule is CCCn1cc(NC(C)C2CCCN(C(=O)OC(C)(C)C)C2)cn1. The molecule has 6 nitrogen and oxygen atoms in total. The summed E-state index contributed by atoms with van der Waals surface area (Å²) in [6.07, 6.45) is 6.94. The van der Waals surface area contributed by atoms with Crippen molar-refractivity contribution in [2.24, 2.45) is 5.92 Å². The molecule has 1 aromatic rings. The Bertz CT molecular complexity index is 535. The van der Waals surface area contributed by atoms with Gasteiger partial charge in [0.25, 0.3) is 0 Å². The van der Waals surface area contributed by atoms with Crippen molar-refractivity contribution >= 4 is 11.8 Å². The lowest BCUT2D eigenvalue weighted by atomic mass is 9.91. The van der Waals surface area contributed by atoms with E-state index in [2.05, 4.69) is 30.5 Å². The Morgan fingerprint density at radius 1 is 1.50 bits per heavy atom. The minimum absolute atomic E-state index is 0.199. The third-order valence-corrected chi connectivity index (χ3v) is 4.30. The van der Waals surface area contributed by atoms with Gasteiger partial charge in [0.1, 0.15) is 5.60 Å². The van der Waals surface area contributed by atoms with Crippen LogP contribution in [0.2, 0.25) is 0 Å². The fraction of sp³-hybridized carbons (Fsp3) is 0.778. The molecule has 0 aromatic carbocycles. The van der Waals surface area contributed by atoms with Gasteiger partial charge in [-0.25, -0.2) is 4.79 Å². The van der Waals surface area contributed by atoms with Gasteiger partial charge in [-0.15, -0.1) is 0 Å². The summed E-state index contributed by atoms with van der Waals surface area (Å²) in [5, 5.41) is 7.89. The van der Waals surface area contributed by atoms with Gasteiger partial charge >= 0.3 is 6.09 Å². The molecule has 1 aromatic heterocycles. The zero-order chi connectivity index (χ0) is 17.7. The molecule has 2 unspecified atom stereocenters. The van der Waals surface area contributed by atoms with Crippen LogP contribution in [0.25, 0.3) is 0 Å². The van der Waals surface area contributed by atoms with Gasteiger partial charge in [0.05, 0.1) is 11.9 Å². The quantitative estimate of drug-likeness (QED) is 0.890. The lowest BCUT2D eigenvalue weighted by molar-refractivity contribution is 0.0159. The molecule has 1 aliphatic rings. The standard InChI is InChI=1S/C18H32N4O2/c1-6-9-22-13-16(11-19-22)20-14(2)15-8-7-10-21(12-15)17(23)24-18(3,4)5/h11,13-15,20H,6-10,12H2,1-5H3. The van der Waals surface area contributed by atoms with Gasteiger partial charge in [-0.05, 0) is 52.9 Å². The number of hydrogen-bond donors (Lipinski definition) is 1. The van der Waals surface area contributed by atoms with Crippen LogP contribution >= 0.6 is 0 Å². The Morgan fingerprint density at radius 3 is 2.92 bits per heavy atom. The Morgan fingerprint density at radius 2 is 2.25 bits per heavy atom. The summed E-state index contributed by atoms with van der Waals surface area (Å²) < 4.78 is 7.47. The molecule has 6 heteroatoms. The lowest BCUT2D eigenvalue weighted by Crippen LogP contribution is -2.46. The number of carbonyl (C=O) groups excluding carboxylic acids is 1. The molecule has 1 N–H and O–H groups in total. The molecule has 2 atom stereocenters. The summed E-state index contributed by atoms with van der Waals surface area (Å²) in [6, 6.07) is 0.287. The number of piperidine rings is 1. The van der Waals surface area contributed by atoms with E-state index in [0.29, 0.717) is 5.92 Å². The molecule has 1 fully saturated rings. The zero-order valence-corrected chi connectivity index (χ0v) is 15.7. The predicted molar refractivity (Wildman–Crippen MR) is 96.1 cm³/mol. The van der Waals surface area contributed by atoms with E-state index in [1.165, 1.54) is 0 Å². The first-order valence-electron chi connectivity index (χ1n) is 9.05. The maximum absolute atomic E-state index is 12.3. The molecule has 2 rings (SSSR count). The second-order valence-electron chi connectivity index (χ2n) is 7.75. The van der Waals surface area contributed by atoms with Crippen molar-refractivity contribution in [3.05, 3.63) is 12.4 Å². The summed E-state index contributed by atoms with van der Waals surface area (Å²) in [5.74, 6) is 0.417. The molecule has 136 valence electrons. The van der Waals surface area contributed by atoms with Gasteiger partial charge in [0, 0.05) is 31.9 Å². The number of amides is 1. The first kappa shape index (κ1) is 18.6. The van der Waals surface area contributed by atoms with Crippen molar-refractivity contribution < 1.29 is 9.53 Å². The third kappa shape index (κ3) is 5.42. The summed E-state index contributed by atoms with van der Waals surface area (Å²) in [5.41, 5.74) is 0.604. The molecule has 24 heavy (non-hydrogen) atoms. The van der Waals surface area contributed by atoms with Crippen LogP contribution in [0.5, 0.6) is 0 Å². The molecular weight excluding hydrogens is 304 g/mol. The lowest BCUT2D eigenvalue weighted by Gasteiger charge is -2.36. The molecule has 0 bridgehead atoms. The van der Waals surface area contributed by atoms with E-state index in [0.717, 1.165) is 44.6 Å². The highest BCUT2D eigenvalue weighted by Gasteiger charge is 2.30. The van der Waals surface area contributed by atoms with Gasteiger partial charge in [-0.2, -0.15) is 5.10 Å².